The number of aromatic nitrogens is 2. The van der Waals surface area contributed by atoms with Crippen molar-refractivity contribution in [3.8, 4) is 11.3 Å². The standard InChI is InChI=1S/C14H10N2O/c17-10-11-6-7-16-13(8-11)9-14(15-16)12-4-2-1-3-5-12/h1-10H. The third-order valence-corrected chi connectivity index (χ3v) is 2.69. The van der Waals surface area contributed by atoms with Gasteiger partial charge in [0.2, 0.25) is 0 Å². The van der Waals surface area contributed by atoms with Crippen molar-refractivity contribution in [2.45, 2.75) is 0 Å². The van der Waals surface area contributed by atoms with Crippen LogP contribution in [0.1, 0.15) is 10.4 Å². The van der Waals surface area contributed by atoms with Crippen LogP contribution in [0.2, 0.25) is 0 Å². The molecule has 0 aliphatic carbocycles. The molecular weight excluding hydrogens is 212 g/mol. The van der Waals surface area contributed by atoms with Crippen LogP contribution >= 0.6 is 0 Å². The summed E-state index contributed by atoms with van der Waals surface area (Å²) < 4.78 is 1.77. The summed E-state index contributed by atoms with van der Waals surface area (Å²) in [5, 5.41) is 4.46. The zero-order chi connectivity index (χ0) is 11.7. The molecule has 3 aromatic rings. The molecule has 0 fully saturated rings. The predicted molar refractivity (Wildman–Crippen MR) is 66.0 cm³/mol. The van der Waals surface area contributed by atoms with Crippen molar-refractivity contribution in [2.75, 3.05) is 0 Å². The molecule has 0 atom stereocenters. The van der Waals surface area contributed by atoms with Crippen LogP contribution in [0.3, 0.4) is 0 Å². The van der Waals surface area contributed by atoms with E-state index in [1.807, 2.05) is 42.5 Å². The second kappa shape index (κ2) is 3.87. The van der Waals surface area contributed by atoms with Gasteiger partial charge in [0.25, 0.3) is 0 Å². The number of carbonyl (C=O) groups excluding carboxylic acids is 1. The minimum atomic E-state index is 0.664. The van der Waals surface area contributed by atoms with Gasteiger partial charge in [-0.1, -0.05) is 30.3 Å². The van der Waals surface area contributed by atoms with E-state index in [2.05, 4.69) is 5.10 Å². The van der Waals surface area contributed by atoms with Crippen molar-refractivity contribution >= 4 is 11.8 Å². The molecule has 17 heavy (non-hydrogen) atoms. The van der Waals surface area contributed by atoms with Gasteiger partial charge in [-0.2, -0.15) is 5.10 Å². The Morgan fingerprint density at radius 3 is 2.65 bits per heavy atom. The maximum Gasteiger partial charge on any atom is 0.150 e. The molecule has 0 aliphatic heterocycles. The van der Waals surface area contributed by atoms with Crippen LogP contribution in [0.5, 0.6) is 0 Å². The number of nitrogens with zero attached hydrogens (tertiary/aromatic N) is 2. The summed E-state index contributed by atoms with van der Waals surface area (Å²) in [4.78, 5) is 10.7. The van der Waals surface area contributed by atoms with E-state index in [0.29, 0.717) is 5.56 Å². The van der Waals surface area contributed by atoms with E-state index in [9.17, 15) is 4.79 Å². The molecule has 0 bridgehead atoms. The fraction of sp³-hybridized carbons (Fsp3) is 0. The van der Waals surface area contributed by atoms with Gasteiger partial charge in [-0.3, -0.25) is 4.79 Å². The molecule has 0 N–H and O–H groups in total. The Labute approximate surface area is 98.3 Å². The van der Waals surface area contributed by atoms with Crippen molar-refractivity contribution < 1.29 is 4.79 Å². The summed E-state index contributed by atoms with van der Waals surface area (Å²) in [6, 6.07) is 15.5. The highest BCUT2D eigenvalue weighted by molar-refractivity contribution is 5.78. The van der Waals surface area contributed by atoms with Crippen molar-refractivity contribution in [3.63, 3.8) is 0 Å². The number of rotatable bonds is 2. The topological polar surface area (TPSA) is 34.4 Å². The molecule has 0 aliphatic rings. The first kappa shape index (κ1) is 9.78. The van der Waals surface area contributed by atoms with Crippen LogP contribution in [0.15, 0.2) is 54.7 Å². The monoisotopic (exact) mass is 222 g/mol. The van der Waals surface area contributed by atoms with E-state index in [-0.39, 0.29) is 0 Å². The number of pyridine rings is 1. The molecule has 0 saturated carbocycles. The Bertz CT molecular complexity index is 671. The first-order valence-electron chi connectivity index (χ1n) is 5.37. The van der Waals surface area contributed by atoms with Crippen LogP contribution in [-0.4, -0.2) is 15.9 Å². The Morgan fingerprint density at radius 1 is 1.06 bits per heavy atom. The number of benzene rings is 1. The molecular formula is C14H10N2O. The smallest absolute Gasteiger partial charge is 0.150 e. The first-order chi connectivity index (χ1) is 8.36. The quantitative estimate of drug-likeness (QED) is 0.625. The highest BCUT2D eigenvalue weighted by Crippen LogP contribution is 2.19. The van der Waals surface area contributed by atoms with Crippen molar-refractivity contribution in [1.29, 1.82) is 0 Å². The molecule has 0 spiro atoms. The maximum atomic E-state index is 10.7. The lowest BCUT2D eigenvalue weighted by molar-refractivity contribution is 0.112. The van der Waals surface area contributed by atoms with E-state index in [0.717, 1.165) is 23.1 Å². The van der Waals surface area contributed by atoms with Crippen molar-refractivity contribution in [1.82, 2.24) is 9.61 Å². The Balaban J connectivity index is 2.17. The molecule has 0 radical (unpaired) electrons. The van der Waals surface area contributed by atoms with Crippen LogP contribution < -0.4 is 0 Å². The molecule has 0 unspecified atom stereocenters. The largest absolute Gasteiger partial charge is 0.298 e. The molecule has 1 aromatic carbocycles. The highest BCUT2D eigenvalue weighted by atomic mass is 16.1. The van der Waals surface area contributed by atoms with Crippen LogP contribution in [0, 0.1) is 0 Å². The van der Waals surface area contributed by atoms with Gasteiger partial charge in [0.05, 0.1) is 11.2 Å². The van der Waals surface area contributed by atoms with E-state index in [1.165, 1.54) is 0 Å². The van der Waals surface area contributed by atoms with E-state index < -0.39 is 0 Å². The van der Waals surface area contributed by atoms with Crippen molar-refractivity contribution in [2.24, 2.45) is 0 Å². The third-order valence-electron chi connectivity index (χ3n) is 2.69. The number of hydrogen-bond acceptors (Lipinski definition) is 2. The zero-order valence-corrected chi connectivity index (χ0v) is 9.08. The molecule has 0 saturated heterocycles. The fourth-order valence-corrected chi connectivity index (χ4v) is 1.83. The summed E-state index contributed by atoms with van der Waals surface area (Å²) in [6.45, 7) is 0. The van der Waals surface area contributed by atoms with Gasteiger partial charge >= 0.3 is 0 Å². The molecule has 2 aromatic heterocycles. The number of aldehydes is 1. The molecule has 3 nitrogen and oxygen atoms in total. The van der Waals surface area contributed by atoms with Crippen LogP contribution in [0.25, 0.3) is 16.8 Å². The second-order valence-electron chi connectivity index (χ2n) is 3.84. The summed E-state index contributed by atoms with van der Waals surface area (Å²) in [5.41, 5.74) is 3.57. The summed E-state index contributed by atoms with van der Waals surface area (Å²) in [5.74, 6) is 0. The molecule has 2 heterocycles. The minimum Gasteiger partial charge on any atom is -0.298 e. The van der Waals surface area contributed by atoms with E-state index >= 15 is 0 Å². The van der Waals surface area contributed by atoms with Gasteiger partial charge < -0.3 is 0 Å². The van der Waals surface area contributed by atoms with Gasteiger partial charge in [-0.15, -0.1) is 0 Å². The fourth-order valence-electron chi connectivity index (χ4n) is 1.83. The SMILES string of the molecule is O=Cc1ccn2nc(-c3ccccc3)cc2c1. The molecule has 3 rings (SSSR count). The van der Waals surface area contributed by atoms with Crippen LogP contribution in [0.4, 0.5) is 0 Å². The first-order valence-corrected chi connectivity index (χ1v) is 5.37. The average Bonchev–Trinajstić information content (AvgIpc) is 2.82. The number of carbonyl (C=O) groups is 1. The van der Waals surface area contributed by atoms with Gasteiger partial charge in [0.15, 0.2) is 0 Å². The Morgan fingerprint density at radius 2 is 1.88 bits per heavy atom. The van der Waals surface area contributed by atoms with Gasteiger partial charge in [-0.05, 0) is 18.2 Å². The summed E-state index contributed by atoms with van der Waals surface area (Å²) in [7, 11) is 0. The second-order valence-corrected chi connectivity index (χ2v) is 3.84. The summed E-state index contributed by atoms with van der Waals surface area (Å²) in [6.07, 6.45) is 2.64. The lowest BCUT2D eigenvalue weighted by atomic mass is 10.1. The van der Waals surface area contributed by atoms with Crippen molar-refractivity contribution in [3.05, 3.63) is 60.3 Å². The van der Waals surface area contributed by atoms with E-state index in [4.69, 9.17) is 0 Å². The zero-order valence-electron chi connectivity index (χ0n) is 9.08. The van der Waals surface area contributed by atoms with Gasteiger partial charge in [-0.25, -0.2) is 4.52 Å². The number of fused-ring (bicyclic) bond motifs is 1. The average molecular weight is 222 g/mol. The molecule has 82 valence electrons. The number of hydrogen-bond donors (Lipinski definition) is 0. The lowest BCUT2D eigenvalue weighted by Gasteiger charge is -1.93. The minimum absolute atomic E-state index is 0.664. The Hall–Kier alpha value is -2.42. The van der Waals surface area contributed by atoms with Crippen LogP contribution in [-0.2, 0) is 0 Å². The Kier molecular flexibility index (Phi) is 2.22. The lowest BCUT2D eigenvalue weighted by Crippen LogP contribution is -1.88. The molecule has 3 heteroatoms. The molecule has 0 amide bonds. The summed E-state index contributed by atoms with van der Waals surface area (Å²) >= 11 is 0. The highest BCUT2D eigenvalue weighted by Gasteiger charge is 2.04. The predicted octanol–water partition coefficient (Wildman–Crippen LogP) is 2.81. The van der Waals surface area contributed by atoms with E-state index in [1.54, 1.807) is 16.8 Å². The normalized spacial score (nSPS) is 10.6. The maximum absolute atomic E-state index is 10.7. The van der Waals surface area contributed by atoms with Gasteiger partial charge in [0, 0.05) is 17.3 Å². The third kappa shape index (κ3) is 1.72. The van der Waals surface area contributed by atoms with Gasteiger partial charge in [0.1, 0.15) is 6.29 Å².